The topological polar surface area (TPSA) is 114 Å². The van der Waals surface area contributed by atoms with Gasteiger partial charge in [0, 0.05) is 25.3 Å². The molecule has 3 rings (SSSR count). The molecule has 38 heavy (non-hydrogen) atoms. The molecule has 0 aromatic heterocycles. The van der Waals surface area contributed by atoms with Crippen LogP contribution in [0, 0.1) is 0 Å². The number of amides is 2. The van der Waals surface area contributed by atoms with Gasteiger partial charge < -0.3 is 20.1 Å². The Kier molecular flexibility index (Phi) is 10.5. The van der Waals surface area contributed by atoms with E-state index < -0.39 is 22.5 Å². The van der Waals surface area contributed by atoms with Gasteiger partial charge in [-0.15, -0.1) is 0 Å². The van der Waals surface area contributed by atoms with Crippen LogP contribution in [-0.4, -0.2) is 53.6 Å². The van der Waals surface area contributed by atoms with E-state index in [0.29, 0.717) is 37.0 Å². The number of sulfonamides is 1. The second kappa shape index (κ2) is 13.8. The molecule has 0 unspecified atom stereocenters. The molecule has 9 nitrogen and oxygen atoms in total. The quantitative estimate of drug-likeness (QED) is 0.301. The first-order valence-electron chi connectivity index (χ1n) is 11.9. The molecule has 3 aromatic carbocycles. The SMILES string of the molecule is CCOc1ccccc1N(CC(=O)Nc1ccccc1C(=O)NCCCOC)S(=O)(=O)c1ccc(Cl)cc1. The molecular weight excluding hydrogens is 530 g/mol. The van der Waals surface area contributed by atoms with Crippen molar-refractivity contribution in [3.05, 3.63) is 83.4 Å². The Morgan fingerprint density at radius 1 is 0.974 bits per heavy atom. The lowest BCUT2D eigenvalue weighted by molar-refractivity contribution is -0.114. The standard InChI is InChI=1S/C27H30ClN3O6S/c1-3-37-25-12-7-6-11-24(25)31(38(34,35)21-15-13-20(28)14-16-21)19-26(32)30-23-10-5-4-9-22(23)27(33)29-17-8-18-36-2/h4-7,9-16H,3,8,17-19H2,1-2H3,(H,29,33)(H,30,32). The minimum atomic E-state index is -4.20. The number of nitrogens with zero attached hydrogens (tertiary/aromatic N) is 1. The van der Waals surface area contributed by atoms with E-state index in [9.17, 15) is 18.0 Å². The van der Waals surface area contributed by atoms with Crippen LogP contribution in [0.15, 0.2) is 77.7 Å². The highest BCUT2D eigenvalue weighted by Gasteiger charge is 2.30. The second-order valence-electron chi connectivity index (χ2n) is 8.06. The van der Waals surface area contributed by atoms with Crippen LogP contribution < -0.4 is 19.7 Å². The number of hydrogen-bond acceptors (Lipinski definition) is 6. The van der Waals surface area contributed by atoms with Gasteiger partial charge in [0.2, 0.25) is 5.91 Å². The van der Waals surface area contributed by atoms with Crippen LogP contribution >= 0.6 is 11.6 Å². The first-order valence-corrected chi connectivity index (χ1v) is 13.8. The summed E-state index contributed by atoms with van der Waals surface area (Å²) in [6.07, 6.45) is 0.632. The molecule has 0 radical (unpaired) electrons. The number of para-hydroxylation sites is 3. The molecule has 2 N–H and O–H groups in total. The summed E-state index contributed by atoms with van der Waals surface area (Å²) in [7, 11) is -2.62. The van der Waals surface area contributed by atoms with Gasteiger partial charge in [-0.1, -0.05) is 35.9 Å². The van der Waals surface area contributed by atoms with Crippen LogP contribution in [0.3, 0.4) is 0 Å². The van der Waals surface area contributed by atoms with Gasteiger partial charge in [0.1, 0.15) is 12.3 Å². The lowest BCUT2D eigenvalue weighted by Gasteiger charge is -2.26. The molecule has 0 bridgehead atoms. The highest BCUT2D eigenvalue weighted by molar-refractivity contribution is 7.92. The lowest BCUT2D eigenvalue weighted by Crippen LogP contribution is -2.38. The number of methoxy groups -OCH3 is 1. The first-order chi connectivity index (χ1) is 18.3. The number of hydrogen-bond donors (Lipinski definition) is 2. The highest BCUT2D eigenvalue weighted by atomic mass is 35.5. The van der Waals surface area contributed by atoms with Gasteiger partial charge in [0.15, 0.2) is 0 Å². The molecule has 0 fully saturated rings. The Morgan fingerprint density at radius 3 is 2.37 bits per heavy atom. The minimum absolute atomic E-state index is 0.0446. The van der Waals surface area contributed by atoms with E-state index in [-0.39, 0.29) is 27.7 Å². The lowest BCUT2D eigenvalue weighted by atomic mass is 10.1. The van der Waals surface area contributed by atoms with Gasteiger partial charge in [0.25, 0.3) is 15.9 Å². The molecule has 0 aliphatic rings. The van der Waals surface area contributed by atoms with Crippen LogP contribution in [0.25, 0.3) is 0 Å². The van der Waals surface area contributed by atoms with E-state index in [0.717, 1.165) is 4.31 Å². The maximum absolute atomic E-state index is 13.7. The summed E-state index contributed by atoms with van der Waals surface area (Å²) in [5.41, 5.74) is 0.701. The van der Waals surface area contributed by atoms with Crippen LogP contribution in [0.1, 0.15) is 23.7 Å². The Hall–Kier alpha value is -3.60. The molecule has 202 valence electrons. The fourth-order valence-corrected chi connectivity index (χ4v) is 5.16. The fourth-order valence-electron chi connectivity index (χ4n) is 3.60. The summed E-state index contributed by atoms with van der Waals surface area (Å²) < 4.78 is 39.0. The molecule has 0 saturated heterocycles. The molecule has 0 spiro atoms. The molecule has 3 aromatic rings. The predicted molar refractivity (Wildman–Crippen MR) is 147 cm³/mol. The summed E-state index contributed by atoms with van der Waals surface area (Å²) in [6.45, 7) is 2.40. The third kappa shape index (κ3) is 7.47. The smallest absolute Gasteiger partial charge is 0.264 e. The number of rotatable bonds is 13. The number of ether oxygens (including phenoxy) is 2. The average molecular weight is 560 g/mol. The van der Waals surface area contributed by atoms with Crippen molar-refractivity contribution in [2.75, 3.05) is 43.0 Å². The van der Waals surface area contributed by atoms with E-state index in [1.54, 1.807) is 62.6 Å². The number of carbonyl (C=O) groups is 2. The zero-order chi connectivity index (χ0) is 27.5. The van der Waals surface area contributed by atoms with Gasteiger partial charge in [0.05, 0.1) is 28.4 Å². The molecule has 0 aliphatic carbocycles. The van der Waals surface area contributed by atoms with Crippen molar-refractivity contribution < 1.29 is 27.5 Å². The van der Waals surface area contributed by atoms with Crippen LogP contribution in [0.2, 0.25) is 5.02 Å². The number of carbonyl (C=O) groups excluding carboxylic acids is 2. The first kappa shape index (κ1) is 29.0. The number of halogens is 1. The van der Waals surface area contributed by atoms with Crippen molar-refractivity contribution in [2.24, 2.45) is 0 Å². The third-order valence-corrected chi connectivity index (χ3v) is 7.41. The molecule has 0 aliphatic heterocycles. The van der Waals surface area contributed by atoms with E-state index in [2.05, 4.69) is 10.6 Å². The zero-order valence-electron chi connectivity index (χ0n) is 21.1. The van der Waals surface area contributed by atoms with Crippen LogP contribution in [-0.2, 0) is 19.6 Å². The summed E-state index contributed by atoms with van der Waals surface area (Å²) in [6, 6.07) is 18.7. The molecular formula is C27H30ClN3O6S. The Balaban J connectivity index is 1.91. The maximum Gasteiger partial charge on any atom is 0.264 e. The van der Waals surface area contributed by atoms with Gasteiger partial charge in [-0.25, -0.2) is 8.42 Å². The summed E-state index contributed by atoms with van der Waals surface area (Å²) >= 11 is 5.96. The molecule has 0 heterocycles. The van der Waals surface area contributed by atoms with Crippen molar-refractivity contribution >= 4 is 44.8 Å². The third-order valence-electron chi connectivity index (χ3n) is 5.38. The van der Waals surface area contributed by atoms with E-state index in [1.807, 2.05) is 0 Å². The van der Waals surface area contributed by atoms with Gasteiger partial charge in [-0.3, -0.25) is 13.9 Å². The zero-order valence-corrected chi connectivity index (χ0v) is 22.7. The largest absolute Gasteiger partial charge is 0.492 e. The highest BCUT2D eigenvalue weighted by Crippen LogP contribution is 2.33. The monoisotopic (exact) mass is 559 g/mol. The second-order valence-corrected chi connectivity index (χ2v) is 10.4. The molecule has 2 amide bonds. The number of benzene rings is 3. The normalized spacial score (nSPS) is 11.0. The minimum Gasteiger partial charge on any atom is -0.492 e. The average Bonchev–Trinajstić information content (AvgIpc) is 2.91. The van der Waals surface area contributed by atoms with Crippen molar-refractivity contribution in [1.29, 1.82) is 0 Å². The van der Waals surface area contributed by atoms with Crippen LogP contribution in [0.4, 0.5) is 11.4 Å². The maximum atomic E-state index is 13.7. The Bertz CT molecular complexity index is 1350. The fraction of sp³-hybridized carbons (Fsp3) is 0.259. The van der Waals surface area contributed by atoms with Gasteiger partial charge >= 0.3 is 0 Å². The van der Waals surface area contributed by atoms with Crippen molar-refractivity contribution in [3.8, 4) is 5.75 Å². The van der Waals surface area contributed by atoms with E-state index in [4.69, 9.17) is 21.1 Å². The van der Waals surface area contributed by atoms with E-state index >= 15 is 0 Å². The van der Waals surface area contributed by atoms with Crippen molar-refractivity contribution in [2.45, 2.75) is 18.2 Å². The molecule has 0 atom stereocenters. The summed E-state index contributed by atoms with van der Waals surface area (Å²) in [5.74, 6) is -0.714. The van der Waals surface area contributed by atoms with Gasteiger partial charge in [-0.2, -0.15) is 0 Å². The Morgan fingerprint density at radius 2 is 1.66 bits per heavy atom. The van der Waals surface area contributed by atoms with Crippen molar-refractivity contribution in [3.63, 3.8) is 0 Å². The molecule has 11 heteroatoms. The molecule has 0 saturated carbocycles. The summed E-state index contributed by atoms with van der Waals surface area (Å²) in [4.78, 5) is 25.9. The van der Waals surface area contributed by atoms with Crippen molar-refractivity contribution in [1.82, 2.24) is 5.32 Å². The number of nitrogens with one attached hydrogen (secondary N) is 2. The number of anilines is 2. The van der Waals surface area contributed by atoms with Crippen LogP contribution in [0.5, 0.6) is 5.75 Å². The van der Waals surface area contributed by atoms with Gasteiger partial charge in [-0.05, 0) is 61.9 Å². The Labute approximate surface area is 227 Å². The van der Waals surface area contributed by atoms with E-state index in [1.165, 1.54) is 24.3 Å². The predicted octanol–water partition coefficient (Wildman–Crippen LogP) is 4.34. The summed E-state index contributed by atoms with van der Waals surface area (Å²) in [5, 5.41) is 5.84.